The first-order valence-corrected chi connectivity index (χ1v) is 6.48. The lowest BCUT2D eigenvalue weighted by atomic mass is 10.1. The van der Waals surface area contributed by atoms with Gasteiger partial charge < -0.3 is 19.5 Å². The van der Waals surface area contributed by atoms with Gasteiger partial charge in [0.1, 0.15) is 23.9 Å². The van der Waals surface area contributed by atoms with Crippen molar-refractivity contribution in [3.63, 3.8) is 0 Å². The minimum atomic E-state index is 0.351. The van der Waals surface area contributed by atoms with Crippen molar-refractivity contribution in [2.75, 3.05) is 33.7 Å². The summed E-state index contributed by atoms with van der Waals surface area (Å²) in [4.78, 5) is 8.85. The van der Waals surface area contributed by atoms with Gasteiger partial charge in [-0.25, -0.2) is 9.97 Å². The number of hydrogen-bond donors (Lipinski definition) is 1. The Morgan fingerprint density at radius 2 is 1.62 bits per heavy atom. The molecule has 112 valence electrons. The molecule has 0 bridgehead atoms. The predicted octanol–water partition coefficient (Wildman–Crippen LogP) is 2.35. The Labute approximate surface area is 124 Å². The number of benzene rings is 1. The molecule has 0 radical (unpaired) electrons. The SMILES string of the molecule is CNc1cc(-c2cc(OC)cc(OC)c2)nc(COC)n1. The van der Waals surface area contributed by atoms with Crippen LogP contribution in [0.4, 0.5) is 5.82 Å². The summed E-state index contributed by atoms with van der Waals surface area (Å²) in [6.45, 7) is 0.351. The van der Waals surface area contributed by atoms with E-state index in [1.54, 1.807) is 21.3 Å². The molecule has 0 unspecified atom stereocenters. The molecular weight excluding hydrogens is 270 g/mol. The number of aromatic nitrogens is 2. The fourth-order valence-electron chi connectivity index (χ4n) is 1.92. The molecule has 0 spiro atoms. The molecule has 0 amide bonds. The molecule has 0 aliphatic rings. The summed E-state index contributed by atoms with van der Waals surface area (Å²) >= 11 is 0. The smallest absolute Gasteiger partial charge is 0.157 e. The van der Waals surface area contributed by atoms with Gasteiger partial charge in [0.15, 0.2) is 5.82 Å². The molecule has 0 saturated heterocycles. The Morgan fingerprint density at radius 1 is 0.952 bits per heavy atom. The third-order valence-corrected chi connectivity index (χ3v) is 2.95. The van der Waals surface area contributed by atoms with E-state index in [4.69, 9.17) is 14.2 Å². The summed E-state index contributed by atoms with van der Waals surface area (Å²) in [6, 6.07) is 7.49. The molecule has 2 aromatic rings. The monoisotopic (exact) mass is 289 g/mol. The number of anilines is 1. The Hall–Kier alpha value is -2.34. The van der Waals surface area contributed by atoms with Gasteiger partial charge in [-0.05, 0) is 12.1 Å². The first-order chi connectivity index (χ1) is 10.2. The zero-order valence-electron chi connectivity index (χ0n) is 12.6. The Balaban J connectivity index is 2.51. The van der Waals surface area contributed by atoms with Crippen LogP contribution in [0.15, 0.2) is 24.3 Å². The quantitative estimate of drug-likeness (QED) is 0.880. The standard InChI is InChI=1S/C15H19N3O3/c1-16-14-8-13(17-15(18-14)9-19-2)10-5-11(20-3)7-12(6-10)21-4/h5-8H,9H2,1-4H3,(H,16,17,18). The molecule has 1 aromatic carbocycles. The zero-order chi connectivity index (χ0) is 15.2. The van der Waals surface area contributed by atoms with Crippen molar-refractivity contribution in [2.24, 2.45) is 0 Å². The molecule has 0 saturated carbocycles. The fourth-order valence-corrected chi connectivity index (χ4v) is 1.92. The summed E-state index contributed by atoms with van der Waals surface area (Å²) in [7, 11) is 6.67. The molecule has 0 atom stereocenters. The number of nitrogens with one attached hydrogen (secondary N) is 1. The Morgan fingerprint density at radius 3 is 2.14 bits per heavy atom. The molecule has 2 rings (SSSR count). The van der Waals surface area contributed by atoms with Gasteiger partial charge in [0.25, 0.3) is 0 Å². The van der Waals surface area contributed by atoms with Crippen LogP contribution in [0.2, 0.25) is 0 Å². The number of rotatable bonds is 6. The van der Waals surface area contributed by atoms with Crippen molar-refractivity contribution in [1.29, 1.82) is 0 Å². The minimum absolute atomic E-state index is 0.351. The summed E-state index contributed by atoms with van der Waals surface area (Å²) in [5.74, 6) is 2.76. The van der Waals surface area contributed by atoms with Gasteiger partial charge in [0, 0.05) is 31.9 Å². The second-order valence-corrected chi connectivity index (χ2v) is 4.34. The van der Waals surface area contributed by atoms with Gasteiger partial charge >= 0.3 is 0 Å². The van der Waals surface area contributed by atoms with Crippen molar-refractivity contribution in [3.8, 4) is 22.8 Å². The van der Waals surface area contributed by atoms with E-state index in [2.05, 4.69) is 15.3 Å². The highest BCUT2D eigenvalue weighted by Crippen LogP contribution is 2.29. The van der Waals surface area contributed by atoms with E-state index >= 15 is 0 Å². The van der Waals surface area contributed by atoms with Crippen molar-refractivity contribution in [3.05, 3.63) is 30.1 Å². The predicted molar refractivity (Wildman–Crippen MR) is 80.8 cm³/mol. The molecular formula is C15H19N3O3. The van der Waals surface area contributed by atoms with Gasteiger partial charge in [-0.15, -0.1) is 0 Å². The van der Waals surface area contributed by atoms with Gasteiger partial charge in [0.2, 0.25) is 0 Å². The molecule has 0 fully saturated rings. The van der Waals surface area contributed by atoms with E-state index in [0.717, 1.165) is 17.1 Å². The molecule has 6 nitrogen and oxygen atoms in total. The van der Waals surface area contributed by atoms with Crippen molar-refractivity contribution < 1.29 is 14.2 Å². The molecule has 1 N–H and O–H groups in total. The number of methoxy groups -OCH3 is 3. The van der Waals surface area contributed by atoms with Crippen molar-refractivity contribution >= 4 is 5.82 Å². The summed E-state index contributed by atoms with van der Waals surface area (Å²) in [5, 5.41) is 3.02. The van der Waals surface area contributed by atoms with Crippen LogP contribution in [0, 0.1) is 0 Å². The van der Waals surface area contributed by atoms with E-state index in [1.807, 2.05) is 31.3 Å². The third-order valence-electron chi connectivity index (χ3n) is 2.95. The molecule has 1 heterocycles. The lowest BCUT2D eigenvalue weighted by molar-refractivity contribution is 0.178. The van der Waals surface area contributed by atoms with Crippen molar-refractivity contribution in [2.45, 2.75) is 6.61 Å². The van der Waals surface area contributed by atoms with Gasteiger partial charge in [-0.2, -0.15) is 0 Å². The van der Waals surface area contributed by atoms with Crippen LogP contribution in [0.5, 0.6) is 11.5 Å². The molecule has 21 heavy (non-hydrogen) atoms. The fraction of sp³-hybridized carbons (Fsp3) is 0.333. The van der Waals surface area contributed by atoms with Gasteiger partial charge in [-0.1, -0.05) is 0 Å². The molecule has 0 aliphatic carbocycles. The number of ether oxygens (including phenoxy) is 3. The average Bonchev–Trinajstić information content (AvgIpc) is 2.54. The van der Waals surface area contributed by atoms with Crippen LogP contribution in [0.25, 0.3) is 11.3 Å². The Bertz CT molecular complexity index is 595. The first-order valence-electron chi connectivity index (χ1n) is 6.48. The van der Waals surface area contributed by atoms with Crippen LogP contribution >= 0.6 is 0 Å². The lowest BCUT2D eigenvalue weighted by Gasteiger charge is -2.10. The maximum Gasteiger partial charge on any atom is 0.157 e. The highest BCUT2D eigenvalue weighted by Gasteiger charge is 2.09. The topological polar surface area (TPSA) is 65.5 Å². The van der Waals surface area contributed by atoms with Gasteiger partial charge in [-0.3, -0.25) is 0 Å². The second-order valence-electron chi connectivity index (χ2n) is 4.34. The normalized spacial score (nSPS) is 10.3. The van der Waals surface area contributed by atoms with Crippen LogP contribution in [0.3, 0.4) is 0 Å². The van der Waals surface area contributed by atoms with Crippen LogP contribution in [-0.2, 0) is 11.3 Å². The second kappa shape index (κ2) is 6.90. The minimum Gasteiger partial charge on any atom is -0.497 e. The van der Waals surface area contributed by atoms with Crippen LogP contribution < -0.4 is 14.8 Å². The molecule has 6 heteroatoms. The van der Waals surface area contributed by atoms with E-state index in [0.29, 0.717) is 23.9 Å². The summed E-state index contributed by atoms with van der Waals surface area (Å²) < 4.78 is 15.7. The number of hydrogen-bond acceptors (Lipinski definition) is 6. The highest BCUT2D eigenvalue weighted by molar-refractivity contribution is 5.66. The molecule has 0 aliphatic heterocycles. The van der Waals surface area contributed by atoms with Crippen molar-refractivity contribution in [1.82, 2.24) is 9.97 Å². The van der Waals surface area contributed by atoms with E-state index in [9.17, 15) is 0 Å². The van der Waals surface area contributed by atoms with Crippen LogP contribution in [0.1, 0.15) is 5.82 Å². The van der Waals surface area contributed by atoms with Gasteiger partial charge in [0.05, 0.1) is 19.9 Å². The summed E-state index contributed by atoms with van der Waals surface area (Å²) in [5.41, 5.74) is 1.67. The summed E-state index contributed by atoms with van der Waals surface area (Å²) in [6.07, 6.45) is 0. The maximum absolute atomic E-state index is 5.29. The van der Waals surface area contributed by atoms with Crippen LogP contribution in [-0.4, -0.2) is 38.3 Å². The average molecular weight is 289 g/mol. The number of nitrogens with zero attached hydrogens (tertiary/aromatic N) is 2. The third kappa shape index (κ3) is 3.61. The van der Waals surface area contributed by atoms with E-state index in [-0.39, 0.29) is 0 Å². The largest absolute Gasteiger partial charge is 0.497 e. The Kier molecular flexibility index (Phi) is 4.94. The highest BCUT2D eigenvalue weighted by atomic mass is 16.5. The first kappa shape index (κ1) is 15.1. The zero-order valence-corrected chi connectivity index (χ0v) is 12.6. The maximum atomic E-state index is 5.29. The van der Waals surface area contributed by atoms with E-state index < -0.39 is 0 Å². The van der Waals surface area contributed by atoms with E-state index in [1.165, 1.54) is 0 Å². The lowest BCUT2D eigenvalue weighted by Crippen LogP contribution is -2.03. The molecule has 1 aromatic heterocycles.